The van der Waals surface area contributed by atoms with Crippen LogP contribution in [0.2, 0.25) is 0 Å². The molecule has 1 fully saturated rings. The lowest BCUT2D eigenvalue weighted by molar-refractivity contribution is 0.146. The first-order valence-electron chi connectivity index (χ1n) is 6.91. The monoisotopic (exact) mass is 247 g/mol. The molecule has 1 heterocycles. The molecule has 1 aliphatic heterocycles. The average Bonchev–Trinajstić information content (AvgIpc) is 2.41. The molecule has 0 atom stereocenters. The summed E-state index contributed by atoms with van der Waals surface area (Å²) in [6, 6.07) is 0. The Morgan fingerprint density at radius 3 is 1.88 bits per heavy atom. The fraction of sp³-hybridized carbons (Fsp3) is 1.00. The molecular weight excluding hydrogens is 214 g/mol. The number of hydrogen-bond donors (Lipinski definition) is 0. The quantitative estimate of drug-likeness (QED) is 0.762. The van der Waals surface area contributed by atoms with Crippen molar-refractivity contribution in [2.45, 2.75) is 40.0 Å². The van der Waals surface area contributed by atoms with Crippen molar-refractivity contribution in [2.75, 3.05) is 47.6 Å². The second kappa shape index (κ2) is 15.9. The zero-order valence-corrected chi connectivity index (χ0v) is 12.8. The summed E-state index contributed by atoms with van der Waals surface area (Å²) in [7, 11) is 5.67. The van der Waals surface area contributed by atoms with Gasteiger partial charge in [0.25, 0.3) is 0 Å². The zero-order chi connectivity index (χ0) is 13.5. The molecule has 1 aliphatic rings. The van der Waals surface area contributed by atoms with Gasteiger partial charge in [-0.3, -0.25) is 0 Å². The van der Waals surface area contributed by atoms with Crippen LogP contribution in [0.4, 0.5) is 0 Å². The fourth-order valence-electron chi connectivity index (χ4n) is 1.64. The number of likely N-dealkylation sites (tertiary alicyclic amines) is 1. The van der Waals surface area contributed by atoms with Gasteiger partial charge in [0.15, 0.2) is 0 Å². The molecule has 0 N–H and O–H groups in total. The second-order valence-corrected chi connectivity index (χ2v) is 4.11. The number of hydrogen-bond acceptors (Lipinski definition) is 3. The molecule has 1 saturated heterocycles. The second-order valence-electron chi connectivity index (χ2n) is 4.11. The van der Waals surface area contributed by atoms with Crippen LogP contribution in [0.3, 0.4) is 0 Å². The molecule has 0 amide bonds. The Morgan fingerprint density at radius 1 is 1.06 bits per heavy atom. The van der Waals surface area contributed by atoms with Crippen molar-refractivity contribution in [1.29, 1.82) is 0 Å². The molecule has 3 heteroatoms. The van der Waals surface area contributed by atoms with E-state index in [1.807, 2.05) is 20.8 Å². The van der Waals surface area contributed by atoms with Crippen molar-refractivity contribution >= 4 is 0 Å². The Kier molecular flexibility index (Phi) is 18.0. The van der Waals surface area contributed by atoms with Crippen molar-refractivity contribution in [1.82, 2.24) is 4.90 Å². The molecule has 0 bridgehead atoms. The highest BCUT2D eigenvalue weighted by molar-refractivity contribution is 4.69. The van der Waals surface area contributed by atoms with Gasteiger partial charge in [0.2, 0.25) is 0 Å². The normalized spacial score (nSPS) is 16.6. The van der Waals surface area contributed by atoms with Crippen LogP contribution in [0.1, 0.15) is 40.0 Å². The van der Waals surface area contributed by atoms with Gasteiger partial charge in [-0.2, -0.15) is 0 Å². The Hall–Kier alpha value is -0.120. The molecule has 0 saturated carbocycles. The van der Waals surface area contributed by atoms with Gasteiger partial charge in [0.1, 0.15) is 0 Å². The maximum atomic E-state index is 5.06. The van der Waals surface area contributed by atoms with Crippen LogP contribution < -0.4 is 0 Å². The van der Waals surface area contributed by atoms with Gasteiger partial charge in [-0.05, 0) is 52.2 Å². The molecule has 106 valence electrons. The average molecular weight is 247 g/mol. The number of rotatable bonds is 4. The van der Waals surface area contributed by atoms with Gasteiger partial charge in [0.05, 0.1) is 0 Å². The smallest absolute Gasteiger partial charge is 0.0464 e. The van der Waals surface area contributed by atoms with Crippen molar-refractivity contribution in [3.8, 4) is 0 Å². The molecule has 3 nitrogen and oxygen atoms in total. The summed E-state index contributed by atoms with van der Waals surface area (Å²) in [4.78, 5) is 2.41. The Bertz CT molecular complexity index is 119. The molecule has 0 unspecified atom stereocenters. The zero-order valence-electron chi connectivity index (χ0n) is 12.8. The number of ether oxygens (including phenoxy) is 2. The number of piperidine rings is 1. The van der Waals surface area contributed by atoms with E-state index in [4.69, 9.17) is 4.74 Å². The highest BCUT2D eigenvalue weighted by Crippen LogP contribution is 2.18. The van der Waals surface area contributed by atoms with E-state index in [2.05, 4.69) is 16.7 Å². The summed E-state index contributed by atoms with van der Waals surface area (Å²) < 4.78 is 9.60. The Balaban J connectivity index is 0. The minimum absolute atomic E-state index is 0.819. The molecule has 0 aromatic carbocycles. The molecule has 0 aromatic rings. The maximum absolute atomic E-state index is 5.06. The van der Waals surface area contributed by atoms with Gasteiger partial charge >= 0.3 is 0 Å². The topological polar surface area (TPSA) is 21.7 Å². The first-order chi connectivity index (χ1) is 8.24. The van der Waals surface area contributed by atoms with Crippen LogP contribution in [0.5, 0.6) is 0 Å². The Morgan fingerprint density at radius 2 is 1.53 bits per heavy atom. The lowest BCUT2D eigenvalue weighted by atomic mass is 9.94. The van der Waals surface area contributed by atoms with E-state index < -0.39 is 0 Å². The Labute approximate surface area is 108 Å². The minimum atomic E-state index is 0.819. The summed E-state index contributed by atoms with van der Waals surface area (Å²) in [6.07, 6.45) is 3.98. The molecule has 0 aromatic heterocycles. The summed E-state index contributed by atoms with van der Waals surface area (Å²) in [5.41, 5.74) is 0. The molecular formula is C14H33NO2. The van der Waals surface area contributed by atoms with Crippen LogP contribution in [0, 0.1) is 5.92 Å². The standard InChI is InChI=1S/C9H19NO.C3H8O.C2H6/c1-10-6-3-9(4-7-10)5-8-11-2;1-3-4-2;1-2/h9H,3-8H2,1-2H3;3H2,1-2H3;1-2H3. The first kappa shape index (κ1) is 19.2. The minimum Gasteiger partial charge on any atom is -0.385 e. The van der Waals surface area contributed by atoms with E-state index in [9.17, 15) is 0 Å². The third kappa shape index (κ3) is 13.8. The predicted molar refractivity (Wildman–Crippen MR) is 75.6 cm³/mol. The van der Waals surface area contributed by atoms with Crippen LogP contribution in [0.15, 0.2) is 0 Å². The van der Waals surface area contributed by atoms with E-state index in [0.29, 0.717) is 0 Å². The van der Waals surface area contributed by atoms with Crippen molar-refractivity contribution in [2.24, 2.45) is 5.92 Å². The summed E-state index contributed by atoms with van der Waals surface area (Å²) in [6.45, 7) is 10.3. The number of methoxy groups -OCH3 is 2. The maximum Gasteiger partial charge on any atom is 0.0464 e. The van der Waals surface area contributed by atoms with Crippen LogP contribution in [0.25, 0.3) is 0 Å². The molecule has 0 spiro atoms. The molecule has 17 heavy (non-hydrogen) atoms. The third-order valence-corrected chi connectivity index (χ3v) is 2.86. The summed E-state index contributed by atoms with van der Waals surface area (Å²) in [5, 5.41) is 0. The largest absolute Gasteiger partial charge is 0.385 e. The van der Waals surface area contributed by atoms with Crippen molar-refractivity contribution < 1.29 is 9.47 Å². The van der Waals surface area contributed by atoms with Gasteiger partial charge in [-0.25, -0.2) is 0 Å². The predicted octanol–water partition coefficient (Wildman–Crippen LogP) is 3.04. The van der Waals surface area contributed by atoms with Crippen LogP contribution in [-0.4, -0.2) is 52.5 Å². The highest BCUT2D eigenvalue weighted by atomic mass is 16.5. The van der Waals surface area contributed by atoms with E-state index in [1.54, 1.807) is 14.2 Å². The molecule has 0 aliphatic carbocycles. The van der Waals surface area contributed by atoms with Gasteiger partial charge in [-0.1, -0.05) is 13.8 Å². The van der Waals surface area contributed by atoms with E-state index >= 15 is 0 Å². The van der Waals surface area contributed by atoms with E-state index in [-0.39, 0.29) is 0 Å². The SMILES string of the molecule is CC.CCOC.COCCC1CCN(C)CC1. The highest BCUT2D eigenvalue weighted by Gasteiger charge is 2.15. The lowest BCUT2D eigenvalue weighted by Gasteiger charge is -2.28. The number of nitrogens with zero attached hydrogens (tertiary/aromatic N) is 1. The van der Waals surface area contributed by atoms with Crippen molar-refractivity contribution in [3.63, 3.8) is 0 Å². The molecule has 1 rings (SSSR count). The summed E-state index contributed by atoms with van der Waals surface area (Å²) in [5.74, 6) is 0.922. The van der Waals surface area contributed by atoms with E-state index in [0.717, 1.165) is 19.1 Å². The van der Waals surface area contributed by atoms with E-state index in [1.165, 1.54) is 32.4 Å². The lowest BCUT2D eigenvalue weighted by Crippen LogP contribution is -2.30. The third-order valence-electron chi connectivity index (χ3n) is 2.86. The van der Waals surface area contributed by atoms with Crippen LogP contribution >= 0.6 is 0 Å². The van der Waals surface area contributed by atoms with Gasteiger partial charge in [0, 0.05) is 27.4 Å². The van der Waals surface area contributed by atoms with Gasteiger partial charge < -0.3 is 14.4 Å². The van der Waals surface area contributed by atoms with Gasteiger partial charge in [-0.15, -0.1) is 0 Å². The first-order valence-corrected chi connectivity index (χ1v) is 6.91. The fourth-order valence-corrected chi connectivity index (χ4v) is 1.64. The van der Waals surface area contributed by atoms with Crippen LogP contribution in [-0.2, 0) is 9.47 Å². The summed E-state index contributed by atoms with van der Waals surface area (Å²) >= 11 is 0. The van der Waals surface area contributed by atoms with Crippen molar-refractivity contribution in [3.05, 3.63) is 0 Å². The molecule has 0 radical (unpaired) electrons.